The minimum absolute atomic E-state index is 0. The maximum atomic E-state index is 11.9. The van der Waals surface area contributed by atoms with Gasteiger partial charge in [-0.25, -0.2) is 0 Å². The smallest absolute Gasteiger partial charge is 0.246 e. The number of amides is 1. The quantitative estimate of drug-likeness (QED) is 0.156. The number of fused-ring (bicyclic) bond motifs is 1. The first-order valence-corrected chi connectivity index (χ1v) is 15.4. The van der Waals surface area contributed by atoms with Crippen LogP contribution < -0.4 is 18.9 Å². The molecule has 0 N–H and O–H groups in total. The van der Waals surface area contributed by atoms with Gasteiger partial charge in [0.15, 0.2) is 11.5 Å². The lowest BCUT2D eigenvalue weighted by molar-refractivity contribution is -0.126. The number of allylic oxidation sites excluding steroid dienone is 2. The lowest BCUT2D eigenvalue weighted by Gasteiger charge is -2.26. The van der Waals surface area contributed by atoms with Crippen molar-refractivity contribution < 1.29 is 28.5 Å². The van der Waals surface area contributed by atoms with Gasteiger partial charge in [-0.2, -0.15) is 0 Å². The summed E-state index contributed by atoms with van der Waals surface area (Å²) in [6.45, 7) is 10.7. The summed E-state index contributed by atoms with van der Waals surface area (Å²) in [5, 5.41) is 0. The van der Waals surface area contributed by atoms with Crippen molar-refractivity contribution in [3.63, 3.8) is 0 Å². The molecule has 0 unspecified atom stereocenters. The molecule has 3 aliphatic rings. The third kappa shape index (κ3) is 12.5. The Morgan fingerprint density at radius 2 is 1.51 bits per heavy atom. The van der Waals surface area contributed by atoms with E-state index in [9.17, 15) is 4.79 Å². The molecular formula is C34H47ClN2O6. The Morgan fingerprint density at radius 3 is 2.21 bits per heavy atom. The number of piperidine rings is 1. The second-order valence-electron chi connectivity index (χ2n) is 10.5. The minimum Gasteiger partial charge on any atom is -0.494 e. The molecule has 0 spiro atoms. The summed E-state index contributed by atoms with van der Waals surface area (Å²) in [7, 11) is 0. The van der Waals surface area contributed by atoms with Crippen molar-refractivity contribution in [2.24, 2.45) is 0 Å². The van der Waals surface area contributed by atoms with Crippen LogP contribution in [-0.2, 0) is 9.53 Å². The van der Waals surface area contributed by atoms with Gasteiger partial charge in [-0.1, -0.05) is 37.6 Å². The van der Waals surface area contributed by atoms with E-state index in [1.54, 1.807) is 12.2 Å². The zero-order valence-electron chi connectivity index (χ0n) is 25.4. The van der Waals surface area contributed by atoms with Crippen LogP contribution in [0.25, 0.3) is 6.08 Å². The zero-order chi connectivity index (χ0) is 29.2. The maximum Gasteiger partial charge on any atom is 0.246 e. The van der Waals surface area contributed by atoms with Gasteiger partial charge in [-0.05, 0) is 74.1 Å². The van der Waals surface area contributed by atoms with E-state index in [0.717, 1.165) is 120 Å². The van der Waals surface area contributed by atoms with Gasteiger partial charge in [0, 0.05) is 38.8 Å². The minimum atomic E-state index is 0. The number of rotatable bonds is 12. The molecule has 236 valence electrons. The fourth-order valence-electron chi connectivity index (χ4n) is 4.81. The van der Waals surface area contributed by atoms with Crippen molar-refractivity contribution in [2.75, 3.05) is 65.9 Å². The largest absolute Gasteiger partial charge is 0.494 e. The second-order valence-corrected chi connectivity index (χ2v) is 10.5. The van der Waals surface area contributed by atoms with Crippen molar-refractivity contribution in [3.05, 3.63) is 66.3 Å². The van der Waals surface area contributed by atoms with Crippen LogP contribution in [0.1, 0.15) is 51.0 Å². The van der Waals surface area contributed by atoms with Crippen LogP contribution in [0.2, 0.25) is 0 Å². The number of likely N-dealkylation sites (tertiary alicyclic amines) is 1. The van der Waals surface area contributed by atoms with Crippen LogP contribution in [0.3, 0.4) is 0 Å². The Morgan fingerprint density at radius 1 is 0.837 bits per heavy atom. The lowest BCUT2D eigenvalue weighted by atomic mass is 10.1. The Bertz CT molecular complexity index is 1130. The number of halogens is 1. The molecule has 2 aromatic rings. The fourth-order valence-corrected chi connectivity index (χ4v) is 4.81. The molecule has 0 saturated carbocycles. The SMILES string of the molecule is CCCCOc1ccc(OCCCN2CCOCC2)cc1.Cl.O=C(C=CC=Cc1ccc2c(c1)OCO2)N1CCCCC1. The number of hydrogen-bond donors (Lipinski definition) is 0. The van der Waals surface area contributed by atoms with E-state index in [2.05, 4.69) is 11.8 Å². The Labute approximate surface area is 263 Å². The Balaban J connectivity index is 0.000000230. The fraction of sp³-hybridized carbons (Fsp3) is 0.500. The summed E-state index contributed by atoms with van der Waals surface area (Å²) < 4.78 is 27.3. The van der Waals surface area contributed by atoms with Crippen molar-refractivity contribution in [1.29, 1.82) is 0 Å². The molecule has 9 heteroatoms. The summed E-state index contributed by atoms with van der Waals surface area (Å²) in [6, 6.07) is 13.7. The molecule has 8 nitrogen and oxygen atoms in total. The number of benzene rings is 2. The van der Waals surface area contributed by atoms with Crippen molar-refractivity contribution in [3.8, 4) is 23.0 Å². The van der Waals surface area contributed by atoms with E-state index in [1.807, 2.05) is 59.5 Å². The first-order chi connectivity index (χ1) is 20.7. The highest BCUT2D eigenvalue weighted by Crippen LogP contribution is 2.32. The van der Waals surface area contributed by atoms with Gasteiger partial charge in [0.25, 0.3) is 0 Å². The van der Waals surface area contributed by atoms with Crippen molar-refractivity contribution in [2.45, 2.75) is 45.4 Å². The molecule has 1 amide bonds. The number of nitrogens with zero attached hydrogens (tertiary/aromatic N) is 2. The second kappa shape index (κ2) is 19.9. The molecule has 3 aliphatic heterocycles. The molecular weight excluding hydrogens is 568 g/mol. The first kappa shape index (κ1) is 34.3. The number of carbonyl (C=O) groups excluding carboxylic acids is 1. The van der Waals surface area contributed by atoms with Gasteiger partial charge >= 0.3 is 0 Å². The molecule has 0 atom stereocenters. The normalized spacial score (nSPS) is 16.4. The molecule has 5 rings (SSSR count). The van der Waals surface area contributed by atoms with Gasteiger partial charge in [0.1, 0.15) is 11.5 Å². The molecule has 2 fully saturated rings. The third-order valence-corrected chi connectivity index (χ3v) is 7.28. The third-order valence-electron chi connectivity index (χ3n) is 7.28. The number of carbonyl (C=O) groups is 1. The van der Waals surface area contributed by atoms with Crippen LogP contribution in [0.5, 0.6) is 23.0 Å². The lowest BCUT2D eigenvalue weighted by Crippen LogP contribution is -2.37. The van der Waals surface area contributed by atoms with Gasteiger partial charge in [-0.15, -0.1) is 12.4 Å². The monoisotopic (exact) mass is 614 g/mol. The van der Waals surface area contributed by atoms with E-state index in [4.69, 9.17) is 23.7 Å². The molecule has 2 aromatic carbocycles. The number of ether oxygens (including phenoxy) is 5. The van der Waals surface area contributed by atoms with Crippen LogP contribution in [0, 0.1) is 0 Å². The average molecular weight is 615 g/mol. The number of hydrogen-bond acceptors (Lipinski definition) is 7. The van der Waals surface area contributed by atoms with Crippen LogP contribution in [-0.4, -0.2) is 81.7 Å². The summed E-state index contributed by atoms with van der Waals surface area (Å²) >= 11 is 0. The van der Waals surface area contributed by atoms with E-state index in [0.29, 0.717) is 0 Å². The van der Waals surface area contributed by atoms with Gasteiger partial charge in [-0.3, -0.25) is 9.69 Å². The Kier molecular flexibility index (Phi) is 15.9. The van der Waals surface area contributed by atoms with E-state index >= 15 is 0 Å². The van der Waals surface area contributed by atoms with Crippen LogP contribution in [0.15, 0.2) is 60.7 Å². The predicted molar refractivity (Wildman–Crippen MR) is 173 cm³/mol. The standard InChI is InChI=1S/C17H19NO3.C17H27NO3.ClH/c19-17(18-10-4-1-5-11-18)7-3-2-6-14-8-9-15-16(12-14)21-13-20-15;1-2-3-12-20-16-5-7-17(8-6-16)21-13-4-9-18-10-14-19-15-11-18;/h2-3,6-9,12H,1,4-5,10-11,13H2;5-8H,2-4,9-15H2,1H3;1H. The van der Waals surface area contributed by atoms with E-state index in [-0.39, 0.29) is 25.1 Å². The highest BCUT2D eigenvalue weighted by atomic mass is 35.5. The van der Waals surface area contributed by atoms with Gasteiger partial charge in [0.05, 0.1) is 26.4 Å². The van der Waals surface area contributed by atoms with Gasteiger partial charge in [0.2, 0.25) is 12.7 Å². The predicted octanol–water partition coefficient (Wildman–Crippen LogP) is 6.39. The summed E-state index contributed by atoms with van der Waals surface area (Å²) in [4.78, 5) is 16.3. The van der Waals surface area contributed by atoms with Gasteiger partial charge < -0.3 is 28.6 Å². The first-order valence-electron chi connectivity index (χ1n) is 15.4. The molecule has 0 aromatic heterocycles. The maximum absolute atomic E-state index is 11.9. The topological polar surface area (TPSA) is 69.7 Å². The summed E-state index contributed by atoms with van der Waals surface area (Å²) in [6.07, 6.45) is 14.0. The Hall–Kier alpha value is -3.20. The summed E-state index contributed by atoms with van der Waals surface area (Å²) in [5.74, 6) is 3.49. The summed E-state index contributed by atoms with van der Waals surface area (Å²) in [5.41, 5.74) is 1.02. The highest BCUT2D eigenvalue weighted by molar-refractivity contribution is 5.88. The van der Waals surface area contributed by atoms with E-state index in [1.165, 1.54) is 6.42 Å². The molecule has 0 bridgehead atoms. The number of unbranched alkanes of at least 4 members (excludes halogenated alkanes) is 1. The van der Waals surface area contributed by atoms with Crippen molar-refractivity contribution >= 4 is 24.4 Å². The van der Waals surface area contributed by atoms with Crippen LogP contribution in [0.4, 0.5) is 0 Å². The molecule has 3 heterocycles. The van der Waals surface area contributed by atoms with Crippen LogP contribution >= 0.6 is 12.4 Å². The average Bonchev–Trinajstić information content (AvgIpc) is 3.52. The van der Waals surface area contributed by atoms with E-state index < -0.39 is 0 Å². The molecule has 43 heavy (non-hydrogen) atoms. The molecule has 2 saturated heterocycles. The molecule has 0 radical (unpaired) electrons. The highest BCUT2D eigenvalue weighted by Gasteiger charge is 2.14. The number of morpholine rings is 1. The molecule has 0 aliphatic carbocycles. The van der Waals surface area contributed by atoms with Crippen molar-refractivity contribution in [1.82, 2.24) is 9.80 Å². The zero-order valence-corrected chi connectivity index (χ0v) is 26.2.